The van der Waals surface area contributed by atoms with E-state index in [4.69, 9.17) is 11.5 Å². The van der Waals surface area contributed by atoms with Gasteiger partial charge in [0.15, 0.2) is 0 Å². The summed E-state index contributed by atoms with van der Waals surface area (Å²) >= 11 is 0. The van der Waals surface area contributed by atoms with Crippen LogP contribution in [0.1, 0.15) is 23.0 Å². The number of aryl methyl sites for hydroxylation is 1. The van der Waals surface area contributed by atoms with E-state index in [9.17, 15) is 9.59 Å². The number of nitrogens with zero attached hydrogens (tertiary/aromatic N) is 1. The molecule has 1 heterocycles. The number of nitrogens with one attached hydrogen (secondary N) is 1. The predicted molar refractivity (Wildman–Crippen MR) is 59.6 cm³/mol. The van der Waals surface area contributed by atoms with Gasteiger partial charge in [0.2, 0.25) is 5.91 Å². The van der Waals surface area contributed by atoms with Crippen molar-refractivity contribution in [3.63, 3.8) is 0 Å². The number of nitrogens with two attached hydrogens (primary N) is 2. The molecule has 0 unspecified atom stereocenters. The monoisotopic (exact) mass is 222 g/mol. The number of carbonyl (C=O) groups is 2. The second-order valence-corrected chi connectivity index (χ2v) is 3.27. The van der Waals surface area contributed by atoms with Crippen LogP contribution in [-0.4, -0.2) is 23.3 Å². The lowest BCUT2D eigenvalue weighted by Gasteiger charge is -2.05. The van der Waals surface area contributed by atoms with Crippen LogP contribution in [0.2, 0.25) is 0 Å². The first-order chi connectivity index (χ1) is 7.52. The van der Waals surface area contributed by atoms with Gasteiger partial charge in [0.1, 0.15) is 5.82 Å². The molecule has 0 aliphatic heterocycles. The van der Waals surface area contributed by atoms with Crippen molar-refractivity contribution in [1.29, 1.82) is 0 Å². The molecule has 86 valence electrons. The number of amides is 2. The van der Waals surface area contributed by atoms with Crippen LogP contribution in [0.3, 0.4) is 0 Å². The molecule has 5 N–H and O–H groups in total. The van der Waals surface area contributed by atoms with Gasteiger partial charge in [0, 0.05) is 11.3 Å². The molecule has 2 amide bonds. The largest absolute Gasteiger partial charge is 0.384 e. The summed E-state index contributed by atoms with van der Waals surface area (Å²) in [6, 6.07) is 3.09. The second kappa shape index (κ2) is 5.11. The molecule has 0 spiro atoms. The minimum absolute atomic E-state index is 0.192. The van der Waals surface area contributed by atoms with Crippen LogP contribution in [-0.2, 0) is 11.2 Å². The van der Waals surface area contributed by atoms with Crippen molar-refractivity contribution in [2.45, 2.75) is 13.3 Å². The zero-order valence-electron chi connectivity index (χ0n) is 8.99. The van der Waals surface area contributed by atoms with Crippen LogP contribution in [0.5, 0.6) is 0 Å². The number of pyridine rings is 1. The van der Waals surface area contributed by atoms with Crippen LogP contribution < -0.4 is 16.8 Å². The van der Waals surface area contributed by atoms with Gasteiger partial charge in [0.25, 0.3) is 5.91 Å². The summed E-state index contributed by atoms with van der Waals surface area (Å²) in [6.45, 7) is 1.72. The van der Waals surface area contributed by atoms with E-state index in [-0.39, 0.29) is 18.3 Å². The Morgan fingerprint density at radius 1 is 1.44 bits per heavy atom. The lowest BCUT2D eigenvalue weighted by atomic mass is 10.2. The van der Waals surface area contributed by atoms with Crippen LogP contribution in [0, 0.1) is 0 Å². The molecule has 6 heteroatoms. The quantitative estimate of drug-likeness (QED) is 0.634. The van der Waals surface area contributed by atoms with E-state index in [2.05, 4.69) is 10.3 Å². The third-order valence-corrected chi connectivity index (χ3v) is 1.95. The number of aromatic nitrogens is 1. The summed E-state index contributed by atoms with van der Waals surface area (Å²) in [5, 5.41) is 2.38. The number of nitrogen functional groups attached to an aromatic ring is 1. The van der Waals surface area contributed by atoms with Gasteiger partial charge in [-0.15, -0.1) is 0 Å². The first-order valence-electron chi connectivity index (χ1n) is 4.86. The SMILES string of the molecule is CCc1cc(C(=O)NCC(N)=O)cc(N)n1. The van der Waals surface area contributed by atoms with Gasteiger partial charge in [-0.3, -0.25) is 9.59 Å². The zero-order valence-corrected chi connectivity index (χ0v) is 8.99. The lowest BCUT2D eigenvalue weighted by Crippen LogP contribution is -2.33. The van der Waals surface area contributed by atoms with E-state index in [0.29, 0.717) is 12.0 Å². The van der Waals surface area contributed by atoms with Gasteiger partial charge >= 0.3 is 0 Å². The molecular formula is C10H14N4O2. The molecule has 1 aromatic heterocycles. The van der Waals surface area contributed by atoms with E-state index in [1.165, 1.54) is 6.07 Å². The standard InChI is InChI=1S/C10H14N4O2/c1-2-7-3-6(4-8(11)14-7)10(16)13-5-9(12)15/h3-4H,2,5H2,1H3,(H2,11,14)(H2,12,15)(H,13,16). The molecule has 6 nitrogen and oxygen atoms in total. The van der Waals surface area contributed by atoms with Crippen molar-refractivity contribution in [3.05, 3.63) is 23.4 Å². The van der Waals surface area contributed by atoms with Crippen molar-refractivity contribution < 1.29 is 9.59 Å². The molecule has 0 aliphatic rings. The van der Waals surface area contributed by atoms with Crippen LogP contribution in [0.4, 0.5) is 5.82 Å². The van der Waals surface area contributed by atoms with E-state index in [0.717, 1.165) is 5.69 Å². The molecule has 0 saturated carbocycles. The maximum Gasteiger partial charge on any atom is 0.251 e. The Bertz CT molecular complexity index is 417. The van der Waals surface area contributed by atoms with Crippen molar-refractivity contribution >= 4 is 17.6 Å². The highest BCUT2D eigenvalue weighted by molar-refractivity contribution is 5.96. The Balaban J connectivity index is 2.82. The number of primary amides is 1. The average Bonchev–Trinajstić information content (AvgIpc) is 2.24. The van der Waals surface area contributed by atoms with Crippen LogP contribution in [0.25, 0.3) is 0 Å². The molecule has 0 aromatic carbocycles. The summed E-state index contributed by atoms with van der Waals surface area (Å²) in [6.07, 6.45) is 0.682. The van der Waals surface area contributed by atoms with Crippen LogP contribution in [0.15, 0.2) is 12.1 Å². The van der Waals surface area contributed by atoms with Gasteiger partial charge < -0.3 is 16.8 Å². The summed E-state index contributed by atoms with van der Waals surface area (Å²) in [5.41, 5.74) is 11.6. The highest BCUT2D eigenvalue weighted by Gasteiger charge is 2.08. The zero-order chi connectivity index (χ0) is 12.1. The summed E-state index contributed by atoms with van der Waals surface area (Å²) < 4.78 is 0. The molecule has 0 atom stereocenters. The summed E-state index contributed by atoms with van der Waals surface area (Å²) in [4.78, 5) is 26.1. The van der Waals surface area contributed by atoms with Gasteiger partial charge in [-0.2, -0.15) is 0 Å². The van der Waals surface area contributed by atoms with Crippen molar-refractivity contribution in [3.8, 4) is 0 Å². The number of hydrogen-bond acceptors (Lipinski definition) is 4. The van der Waals surface area contributed by atoms with E-state index in [1.807, 2.05) is 6.92 Å². The Kier molecular flexibility index (Phi) is 3.82. The third kappa shape index (κ3) is 3.23. The maximum atomic E-state index is 11.6. The van der Waals surface area contributed by atoms with Crippen molar-refractivity contribution in [2.24, 2.45) is 5.73 Å². The minimum Gasteiger partial charge on any atom is -0.384 e. The molecule has 0 radical (unpaired) electrons. The normalized spacial score (nSPS) is 9.81. The lowest BCUT2D eigenvalue weighted by molar-refractivity contribution is -0.117. The fourth-order valence-corrected chi connectivity index (χ4v) is 1.19. The molecule has 1 aromatic rings. The molecule has 0 saturated heterocycles. The molecule has 16 heavy (non-hydrogen) atoms. The highest BCUT2D eigenvalue weighted by atomic mass is 16.2. The number of rotatable bonds is 4. The highest BCUT2D eigenvalue weighted by Crippen LogP contribution is 2.08. The summed E-state index contributed by atoms with van der Waals surface area (Å²) in [7, 11) is 0. The molecule has 0 aliphatic carbocycles. The van der Waals surface area contributed by atoms with Gasteiger partial charge in [-0.05, 0) is 18.6 Å². The van der Waals surface area contributed by atoms with Gasteiger partial charge in [-0.1, -0.05) is 6.92 Å². The Morgan fingerprint density at radius 3 is 2.69 bits per heavy atom. The Labute approximate surface area is 93.0 Å². The number of carbonyl (C=O) groups excluding carboxylic acids is 2. The van der Waals surface area contributed by atoms with Crippen molar-refractivity contribution in [2.75, 3.05) is 12.3 Å². The first-order valence-corrected chi connectivity index (χ1v) is 4.86. The molecule has 0 bridgehead atoms. The van der Waals surface area contributed by atoms with E-state index in [1.54, 1.807) is 6.07 Å². The van der Waals surface area contributed by atoms with Gasteiger partial charge in [0.05, 0.1) is 6.54 Å². The predicted octanol–water partition coefficient (Wildman–Crippen LogP) is -0.559. The fraction of sp³-hybridized carbons (Fsp3) is 0.300. The number of anilines is 1. The topological polar surface area (TPSA) is 111 Å². The Hall–Kier alpha value is -2.11. The van der Waals surface area contributed by atoms with Crippen molar-refractivity contribution in [1.82, 2.24) is 10.3 Å². The maximum absolute atomic E-state index is 11.6. The smallest absolute Gasteiger partial charge is 0.251 e. The second-order valence-electron chi connectivity index (χ2n) is 3.27. The molecule has 0 fully saturated rings. The first kappa shape index (κ1) is 12.0. The van der Waals surface area contributed by atoms with E-state index >= 15 is 0 Å². The minimum atomic E-state index is -0.592. The van der Waals surface area contributed by atoms with E-state index < -0.39 is 5.91 Å². The fourth-order valence-electron chi connectivity index (χ4n) is 1.19. The molecular weight excluding hydrogens is 208 g/mol. The van der Waals surface area contributed by atoms with Crippen LogP contribution >= 0.6 is 0 Å². The average molecular weight is 222 g/mol. The molecule has 1 rings (SSSR count). The van der Waals surface area contributed by atoms with Gasteiger partial charge in [-0.25, -0.2) is 4.98 Å². The summed E-state index contributed by atoms with van der Waals surface area (Å²) in [5.74, 6) is -0.697. The third-order valence-electron chi connectivity index (χ3n) is 1.95. The Morgan fingerprint density at radius 2 is 2.12 bits per heavy atom. The number of hydrogen-bond donors (Lipinski definition) is 3.